The van der Waals surface area contributed by atoms with Crippen molar-refractivity contribution in [2.24, 2.45) is 5.92 Å². The van der Waals surface area contributed by atoms with Crippen molar-refractivity contribution in [3.63, 3.8) is 0 Å². The molecule has 2 rings (SSSR count). The molecule has 0 aromatic carbocycles. The molecule has 1 saturated carbocycles. The van der Waals surface area contributed by atoms with E-state index in [4.69, 9.17) is 5.11 Å². The molecule has 1 aromatic rings. The van der Waals surface area contributed by atoms with E-state index in [1.54, 1.807) is 4.68 Å². The first-order chi connectivity index (χ1) is 9.60. The number of aliphatic carboxylic acids is 1. The third-order valence-corrected chi connectivity index (χ3v) is 3.97. The molecule has 1 N–H and O–H groups in total. The molecule has 6 nitrogen and oxygen atoms in total. The lowest BCUT2D eigenvalue weighted by Gasteiger charge is -2.25. The second-order valence-corrected chi connectivity index (χ2v) is 5.25. The van der Waals surface area contributed by atoms with Gasteiger partial charge in [0.15, 0.2) is 0 Å². The molecule has 110 valence electrons. The minimum atomic E-state index is -0.683. The summed E-state index contributed by atoms with van der Waals surface area (Å²) in [4.78, 5) is 22.0. The third kappa shape index (κ3) is 3.59. The maximum absolute atomic E-state index is 11.1. The van der Waals surface area contributed by atoms with Crippen LogP contribution in [0.2, 0.25) is 0 Å². The summed E-state index contributed by atoms with van der Waals surface area (Å²) in [5.74, 6) is -0.737. The zero-order valence-corrected chi connectivity index (χ0v) is 11.6. The molecular formula is C14H20N2O4. The molecule has 0 aliphatic heterocycles. The fourth-order valence-corrected chi connectivity index (χ4v) is 2.69. The number of carbonyl (C=O) groups is 2. The van der Waals surface area contributed by atoms with Crippen LogP contribution in [-0.2, 0) is 20.9 Å². The molecule has 1 aromatic heterocycles. The van der Waals surface area contributed by atoms with E-state index in [1.807, 2.05) is 12.4 Å². The van der Waals surface area contributed by atoms with Gasteiger partial charge in [-0.2, -0.15) is 5.10 Å². The van der Waals surface area contributed by atoms with Gasteiger partial charge in [-0.3, -0.25) is 14.3 Å². The second-order valence-electron chi connectivity index (χ2n) is 5.25. The lowest BCUT2D eigenvalue weighted by molar-refractivity contribution is -0.143. The summed E-state index contributed by atoms with van der Waals surface area (Å²) in [5.41, 5.74) is 1.14. The van der Waals surface area contributed by atoms with Gasteiger partial charge in [0, 0.05) is 6.20 Å². The van der Waals surface area contributed by atoms with Crippen LogP contribution in [0.1, 0.15) is 43.6 Å². The average molecular weight is 280 g/mol. The number of aromatic nitrogens is 2. The Balaban J connectivity index is 1.86. The fraction of sp³-hybridized carbons (Fsp3) is 0.643. The highest BCUT2D eigenvalue weighted by Crippen LogP contribution is 2.35. The monoisotopic (exact) mass is 280 g/mol. The van der Waals surface area contributed by atoms with Crippen molar-refractivity contribution in [2.45, 2.75) is 44.6 Å². The number of aryl methyl sites for hydroxylation is 1. The standard InChI is InChI=1S/C14H20N2O4/c1-20-13(17)6-7-16-9-12(8-15-16)10-2-4-11(5-3-10)14(18)19/h8-11H,2-7H2,1H3,(H,18,19). The zero-order chi connectivity index (χ0) is 14.5. The number of ether oxygens (including phenoxy) is 1. The number of carboxylic acid groups (broad SMARTS) is 1. The minimum absolute atomic E-state index is 0.194. The Hall–Kier alpha value is -1.85. The Labute approximate surface area is 117 Å². The normalized spacial score (nSPS) is 22.4. The molecule has 0 saturated heterocycles. The molecule has 1 aliphatic carbocycles. The molecule has 0 bridgehead atoms. The van der Waals surface area contributed by atoms with Gasteiger partial charge in [-0.1, -0.05) is 0 Å². The summed E-state index contributed by atoms with van der Waals surface area (Å²) in [6.45, 7) is 0.511. The lowest BCUT2D eigenvalue weighted by atomic mass is 9.79. The molecular weight excluding hydrogens is 260 g/mol. The van der Waals surface area contributed by atoms with E-state index in [1.165, 1.54) is 7.11 Å². The van der Waals surface area contributed by atoms with E-state index < -0.39 is 5.97 Å². The van der Waals surface area contributed by atoms with E-state index in [0.29, 0.717) is 18.9 Å². The second kappa shape index (κ2) is 6.54. The zero-order valence-electron chi connectivity index (χ0n) is 11.6. The highest BCUT2D eigenvalue weighted by Gasteiger charge is 2.27. The quantitative estimate of drug-likeness (QED) is 0.832. The van der Waals surface area contributed by atoms with Crippen LogP contribution in [0.5, 0.6) is 0 Å². The van der Waals surface area contributed by atoms with Crippen LogP contribution in [0.25, 0.3) is 0 Å². The third-order valence-electron chi connectivity index (χ3n) is 3.97. The maximum Gasteiger partial charge on any atom is 0.307 e. The lowest BCUT2D eigenvalue weighted by Crippen LogP contribution is -2.20. The van der Waals surface area contributed by atoms with Gasteiger partial charge >= 0.3 is 11.9 Å². The Bertz CT molecular complexity index is 475. The van der Waals surface area contributed by atoms with Crippen molar-refractivity contribution in [3.05, 3.63) is 18.0 Å². The predicted octanol–water partition coefficient (Wildman–Crippen LogP) is 1.80. The minimum Gasteiger partial charge on any atom is -0.481 e. The van der Waals surface area contributed by atoms with Gasteiger partial charge in [0.05, 0.1) is 32.2 Å². The SMILES string of the molecule is COC(=O)CCn1cc(C2CCC(C(=O)O)CC2)cn1. The largest absolute Gasteiger partial charge is 0.481 e. The van der Waals surface area contributed by atoms with Gasteiger partial charge in [0.25, 0.3) is 0 Å². The van der Waals surface area contributed by atoms with Crippen molar-refractivity contribution in [3.8, 4) is 0 Å². The molecule has 1 fully saturated rings. The highest BCUT2D eigenvalue weighted by molar-refractivity contribution is 5.70. The summed E-state index contributed by atoms with van der Waals surface area (Å²) in [6.07, 6.45) is 7.32. The van der Waals surface area contributed by atoms with Gasteiger partial charge in [0.1, 0.15) is 0 Å². The van der Waals surface area contributed by atoms with Crippen LogP contribution in [-0.4, -0.2) is 33.9 Å². The van der Waals surface area contributed by atoms with Crippen LogP contribution in [0.3, 0.4) is 0 Å². The van der Waals surface area contributed by atoms with Crippen molar-refractivity contribution in [1.82, 2.24) is 9.78 Å². The first-order valence-electron chi connectivity index (χ1n) is 6.92. The van der Waals surface area contributed by atoms with E-state index in [0.717, 1.165) is 31.2 Å². The van der Waals surface area contributed by atoms with Crippen LogP contribution in [0, 0.1) is 5.92 Å². The van der Waals surface area contributed by atoms with Crippen molar-refractivity contribution < 1.29 is 19.4 Å². The molecule has 0 amide bonds. The molecule has 6 heteroatoms. The maximum atomic E-state index is 11.1. The molecule has 20 heavy (non-hydrogen) atoms. The Kier molecular flexibility index (Phi) is 4.76. The average Bonchev–Trinajstić information content (AvgIpc) is 2.93. The molecule has 1 aliphatic rings. The topological polar surface area (TPSA) is 81.4 Å². The number of rotatable bonds is 5. The molecule has 0 unspecified atom stereocenters. The number of carboxylic acids is 1. The van der Waals surface area contributed by atoms with Crippen LogP contribution < -0.4 is 0 Å². The van der Waals surface area contributed by atoms with Crippen molar-refractivity contribution in [2.75, 3.05) is 7.11 Å². The van der Waals surface area contributed by atoms with Crippen LogP contribution >= 0.6 is 0 Å². The summed E-state index contributed by atoms with van der Waals surface area (Å²) in [7, 11) is 1.37. The number of carbonyl (C=O) groups excluding carboxylic acids is 1. The number of esters is 1. The molecule has 1 heterocycles. The van der Waals surface area contributed by atoms with Crippen molar-refractivity contribution in [1.29, 1.82) is 0 Å². The smallest absolute Gasteiger partial charge is 0.307 e. The summed E-state index contributed by atoms with van der Waals surface area (Å²) >= 11 is 0. The van der Waals surface area contributed by atoms with Crippen LogP contribution in [0.15, 0.2) is 12.4 Å². The summed E-state index contributed by atoms with van der Waals surface area (Å²) in [6, 6.07) is 0. The van der Waals surface area contributed by atoms with Gasteiger partial charge < -0.3 is 9.84 Å². The molecule has 0 radical (unpaired) electrons. The van der Waals surface area contributed by atoms with Gasteiger partial charge in [-0.15, -0.1) is 0 Å². The Morgan fingerprint density at radius 1 is 1.40 bits per heavy atom. The van der Waals surface area contributed by atoms with Gasteiger partial charge in [-0.25, -0.2) is 0 Å². The predicted molar refractivity (Wildman–Crippen MR) is 71.2 cm³/mol. The van der Waals surface area contributed by atoms with E-state index in [2.05, 4.69) is 9.84 Å². The number of hydrogen-bond acceptors (Lipinski definition) is 4. The highest BCUT2D eigenvalue weighted by atomic mass is 16.5. The van der Waals surface area contributed by atoms with Gasteiger partial charge in [-0.05, 0) is 37.2 Å². The van der Waals surface area contributed by atoms with E-state index in [-0.39, 0.29) is 11.9 Å². The first kappa shape index (κ1) is 14.6. The fourth-order valence-electron chi connectivity index (χ4n) is 2.69. The number of methoxy groups -OCH3 is 1. The number of hydrogen-bond donors (Lipinski definition) is 1. The van der Waals surface area contributed by atoms with Gasteiger partial charge in [0.2, 0.25) is 0 Å². The van der Waals surface area contributed by atoms with Crippen molar-refractivity contribution >= 4 is 11.9 Å². The Morgan fingerprint density at radius 3 is 2.70 bits per heavy atom. The molecule has 0 spiro atoms. The van der Waals surface area contributed by atoms with E-state index in [9.17, 15) is 9.59 Å². The molecule has 0 atom stereocenters. The van der Waals surface area contributed by atoms with Crippen LogP contribution in [0.4, 0.5) is 0 Å². The number of nitrogens with zero attached hydrogens (tertiary/aromatic N) is 2. The van der Waals surface area contributed by atoms with E-state index >= 15 is 0 Å². The Morgan fingerprint density at radius 2 is 2.10 bits per heavy atom. The summed E-state index contributed by atoms with van der Waals surface area (Å²) in [5, 5.41) is 13.2. The first-order valence-corrected chi connectivity index (χ1v) is 6.92. The summed E-state index contributed by atoms with van der Waals surface area (Å²) < 4.78 is 6.34.